The number of anilines is 1. The largest absolute Gasteiger partial charge is 0.464 e. The Balaban J connectivity index is 2.80. The van der Waals surface area contributed by atoms with Gasteiger partial charge in [-0.3, -0.25) is 0 Å². The normalized spacial score (nSPS) is 12.9. The Hall–Kier alpha value is -2.09. The van der Waals surface area contributed by atoms with Crippen LogP contribution in [0.1, 0.15) is 23.6 Å². The molecule has 0 bridgehead atoms. The van der Waals surface area contributed by atoms with Crippen LogP contribution in [-0.4, -0.2) is 12.4 Å². The van der Waals surface area contributed by atoms with E-state index in [1.807, 2.05) is 0 Å². The third-order valence-electron chi connectivity index (χ3n) is 4.14. The number of ether oxygens (including phenoxy) is 1. The van der Waals surface area contributed by atoms with Gasteiger partial charge < -0.3 is 10.5 Å². The highest BCUT2D eigenvalue weighted by molar-refractivity contribution is 6.30. The lowest BCUT2D eigenvalue weighted by Crippen LogP contribution is -2.58. The molecule has 27 heavy (non-hydrogen) atoms. The zero-order chi connectivity index (χ0) is 20.6. The van der Waals surface area contributed by atoms with Crippen molar-refractivity contribution in [1.82, 2.24) is 0 Å². The molecule has 0 heterocycles. The van der Waals surface area contributed by atoms with Gasteiger partial charge in [0, 0.05) is 16.3 Å². The van der Waals surface area contributed by atoms with Crippen molar-refractivity contribution < 1.29 is 31.1 Å². The molecule has 2 nitrogen and oxygen atoms in total. The number of nitrogen functional groups attached to an aromatic ring is 1. The molecule has 0 aliphatic heterocycles. The summed E-state index contributed by atoms with van der Waals surface area (Å²) in [4.78, 5) is 0. The molecule has 2 rings (SSSR count). The molecule has 0 aliphatic carbocycles. The molecule has 2 aromatic carbocycles. The van der Waals surface area contributed by atoms with Crippen LogP contribution in [0.15, 0.2) is 36.4 Å². The zero-order valence-electron chi connectivity index (χ0n) is 14.3. The number of halogens is 7. The fourth-order valence-electron chi connectivity index (χ4n) is 2.71. The summed E-state index contributed by atoms with van der Waals surface area (Å²) in [5.74, 6) is -0.624. The monoisotopic (exact) mass is 411 g/mol. The molecule has 0 unspecified atom stereocenters. The van der Waals surface area contributed by atoms with Crippen LogP contribution < -0.4 is 10.5 Å². The second-order valence-electron chi connectivity index (χ2n) is 5.95. The smallest absolute Gasteiger partial charge is 0.442 e. The van der Waals surface area contributed by atoms with Crippen LogP contribution in [0.25, 0.3) is 0 Å². The lowest BCUT2D eigenvalue weighted by Gasteiger charge is -2.38. The van der Waals surface area contributed by atoms with Crippen LogP contribution in [0.3, 0.4) is 0 Å². The van der Waals surface area contributed by atoms with E-state index in [0.717, 1.165) is 36.4 Å². The molecular formula is C18H16ClF6NO. The Morgan fingerprint density at radius 3 is 1.93 bits per heavy atom. The van der Waals surface area contributed by atoms with Gasteiger partial charge in [0.2, 0.25) is 0 Å². The van der Waals surface area contributed by atoms with Crippen LogP contribution in [0.2, 0.25) is 5.02 Å². The van der Waals surface area contributed by atoms with Crippen LogP contribution in [0.4, 0.5) is 32.0 Å². The van der Waals surface area contributed by atoms with E-state index in [1.165, 1.54) is 6.92 Å². The van der Waals surface area contributed by atoms with Crippen LogP contribution in [-0.2, 0) is 12.0 Å². The van der Waals surface area contributed by atoms with E-state index in [1.54, 1.807) is 6.92 Å². The minimum absolute atomic E-state index is 0.0990. The van der Waals surface area contributed by atoms with Gasteiger partial charge in [-0.15, -0.1) is 0 Å². The summed E-state index contributed by atoms with van der Waals surface area (Å²) >= 11 is 5.64. The highest BCUT2D eigenvalue weighted by Gasteiger charge is 2.74. The molecular weight excluding hydrogens is 396 g/mol. The number of aryl methyl sites for hydroxylation is 2. The van der Waals surface area contributed by atoms with Crippen molar-refractivity contribution in [2.45, 2.75) is 38.2 Å². The first-order valence-corrected chi connectivity index (χ1v) is 8.18. The second kappa shape index (κ2) is 7.14. The van der Waals surface area contributed by atoms with Gasteiger partial charge in [-0.1, -0.05) is 18.5 Å². The molecule has 0 saturated heterocycles. The van der Waals surface area contributed by atoms with Gasteiger partial charge in [0.05, 0.1) is 0 Å². The Labute approximate surface area is 156 Å². The van der Waals surface area contributed by atoms with Crippen molar-refractivity contribution in [2.24, 2.45) is 0 Å². The molecule has 2 aromatic rings. The minimum Gasteiger partial charge on any atom is -0.464 e. The summed E-state index contributed by atoms with van der Waals surface area (Å²) in [5.41, 5.74) is 0.545. The molecule has 148 valence electrons. The molecule has 2 N–H and O–H groups in total. The maximum atomic E-state index is 13.9. The van der Waals surface area contributed by atoms with Gasteiger partial charge in [0.1, 0.15) is 5.75 Å². The SMILES string of the molecule is CCc1cc(C(Oc2ccc(Cl)cc2)(C(F)(F)F)C(F)(F)F)cc(C)c1N. The summed E-state index contributed by atoms with van der Waals surface area (Å²) in [6, 6.07) is 5.71. The topological polar surface area (TPSA) is 35.2 Å². The number of hydrogen-bond donors (Lipinski definition) is 1. The van der Waals surface area contributed by atoms with Crippen molar-refractivity contribution in [2.75, 3.05) is 5.73 Å². The van der Waals surface area contributed by atoms with E-state index in [-0.39, 0.29) is 28.3 Å². The average Bonchev–Trinajstić information content (AvgIpc) is 2.54. The molecule has 0 aliphatic rings. The van der Waals surface area contributed by atoms with Gasteiger partial charge in [-0.05, 0) is 60.9 Å². The summed E-state index contributed by atoms with van der Waals surface area (Å²) < 4.78 is 87.9. The summed E-state index contributed by atoms with van der Waals surface area (Å²) in [6.45, 7) is 2.93. The number of benzene rings is 2. The predicted octanol–water partition coefficient (Wildman–Crippen LogP) is 6.19. The number of rotatable bonds is 4. The van der Waals surface area contributed by atoms with Crippen LogP contribution >= 0.6 is 11.6 Å². The van der Waals surface area contributed by atoms with Gasteiger partial charge in [0.25, 0.3) is 0 Å². The molecule has 0 saturated carbocycles. The molecule has 0 radical (unpaired) electrons. The fourth-order valence-corrected chi connectivity index (χ4v) is 2.84. The van der Waals surface area contributed by atoms with Crippen LogP contribution in [0, 0.1) is 6.92 Å². The van der Waals surface area contributed by atoms with E-state index in [0.29, 0.717) is 0 Å². The third-order valence-corrected chi connectivity index (χ3v) is 4.39. The lowest BCUT2D eigenvalue weighted by molar-refractivity contribution is -0.365. The highest BCUT2D eigenvalue weighted by atomic mass is 35.5. The zero-order valence-corrected chi connectivity index (χ0v) is 15.1. The predicted molar refractivity (Wildman–Crippen MR) is 90.8 cm³/mol. The minimum atomic E-state index is -5.79. The second-order valence-corrected chi connectivity index (χ2v) is 6.39. The third kappa shape index (κ3) is 3.81. The molecule has 0 spiro atoms. The summed E-state index contributed by atoms with van der Waals surface area (Å²) in [7, 11) is 0. The molecule has 0 fully saturated rings. The summed E-state index contributed by atoms with van der Waals surface area (Å²) in [5, 5.41) is 0.142. The van der Waals surface area contributed by atoms with Crippen molar-refractivity contribution >= 4 is 17.3 Å². The number of alkyl halides is 6. The van der Waals surface area contributed by atoms with Crippen molar-refractivity contribution in [1.29, 1.82) is 0 Å². The Morgan fingerprint density at radius 2 is 1.48 bits per heavy atom. The maximum Gasteiger partial charge on any atom is 0.442 e. The molecule has 0 aromatic heterocycles. The fraction of sp³-hybridized carbons (Fsp3) is 0.333. The van der Waals surface area contributed by atoms with Crippen molar-refractivity contribution in [3.05, 3.63) is 58.1 Å². The molecule has 9 heteroatoms. The highest BCUT2D eigenvalue weighted by Crippen LogP contribution is 2.53. The molecule has 0 amide bonds. The Kier molecular flexibility index (Phi) is 5.61. The van der Waals surface area contributed by atoms with Crippen molar-refractivity contribution in [3.63, 3.8) is 0 Å². The van der Waals surface area contributed by atoms with Crippen LogP contribution in [0.5, 0.6) is 5.75 Å². The van der Waals surface area contributed by atoms with E-state index in [2.05, 4.69) is 4.74 Å². The summed E-state index contributed by atoms with van der Waals surface area (Å²) in [6.07, 6.45) is -11.4. The lowest BCUT2D eigenvalue weighted by atomic mass is 9.87. The number of hydrogen-bond acceptors (Lipinski definition) is 2. The quantitative estimate of drug-likeness (QED) is 0.481. The van der Waals surface area contributed by atoms with Gasteiger partial charge in [-0.25, -0.2) is 0 Å². The molecule has 0 atom stereocenters. The number of nitrogens with two attached hydrogens (primary N) is 1. The average molecular weight is 412 g/mol. The van der Waals surface area contributed by atoms with Gasteiger partial charge in [0.15, 0.2) is 0 Å². The first-order valence-electron chi connectivity index (χ1n) is 7.81. The van der Waals surface area contributed by atoms with E-state index >= 15 is 0 Å². The first-order chi connectivity index (χ1) is 12.3. The van der Waals surface area contributed by atoms with E-state index < -0.39 is 29.3 Å². The van der Waals surface area contributed by atoms with Gasteiger partial charge in [-0.2, -0.15) is 26.3 Å². The Morgan fingerprint density at radius 1 is 0.963 bits per heavy atom. The standard InChI is InChI=1S/C18H16ClF6NO/c1-3-11-9-12(8-10(2)15(11)26)16(17(20,21)22,18(23,24)25)27-14-6-4-13(19)5-7-14/h4-9H,3,26H2,1-2H3. The van der Waals surface area contributed by atoms with E-state index in [4.69, 9.17) is 17.3 Å². The Bertz CT molecular complexity index is 800. The van der Waals surface area contributed by atoms with Crippen molar-refractivity contribution in [3.8, 4) is 5.75 Å². The first kappa shape index (κ1) is 21.2. The maximum absolute atomic E-state index is 13.9. The van der Waals surface area contributed by atoms with Gasteiger partial charge >= 0.3 is 18.0 Å². The van der Waals surface area contributed by atoms with E-state index in [9.17, 15) is 26.3 Å².